The topological polar surface area (TPSA) is 54.9 Å². The zero-order chi connectivity index (χ0) is 17.7. The first-order chi connectivity index (χ1) is 11.0. The van der Waals surface area contributed by atoms with Crippen molar-refractivity contribution in [3.63, 3.8) is 0 Å². The Hall–Kier alpha value is -0.810. The Morgan fingerprint density at radius 3 is 1.48 bits per heavy atom. The van der Waals surface area contributed by atoms with E-state index in [0.29, 0.717) is 24.0 Å². The molecule has 138 valence electrons. The third kappa shape index (κ3) is 10.6. The molecule has 23 heavy (non-hydrogen) atoms. The predicted octanol–water partition coefficient (Wildman–Crippen LogP) is 3.05. The molecular formula is C18H39N3O2. The van der Waals surface area contributed by atoms with Crippen molar-refractivity contribution in [3.8, 4) is 0 Å². The van der Waals surface area contributed by atoms with Crippen molar-refractivity contribution >= 4 is 5.96 Å². The van der Waals surface area contributed by atoms with Gasteiger partial charge in [-0.3, -0.25) is 4.99 Å². The summed E-state index contributed by atoms with van der Waals surface area (Å²) in [6.45, 7) is 16.2. The molecule has 0 fully saturated rings. The molecule has 0 bridgehead atoms. The normalized spacial score (nSPS) is 14.0. The molecule has 0 aliphatic rings. The van der Waals surface area contributed by atoms with E-state index < -0.39 is 0 Å². The summed E-state index contributed by atoms with van der Waals surface area (Å²) in [5.74, 6) is 1.91. The molecule has 0 aliphatic carbocycles. The van der Waals surface area contributed by atoms with Crippen molar-refractivity contribution in [2.45, 2.75) is 66.6 Å². The molecule has 5 nitrogen and oxygen atoms in total. The summed E-state index contributed by atoms with van der Waals surface area (Å²) < 4.78 is 11.5. The SMILES string of the molecule is CCOC(CCNC(=NC)NCCC(OCC)C(C)C)C(C)C. The summed E-state index contributed by atoms with van der Waals surface area (Å²) in [4.78, 5) is 4.28. The summed E-state index contributed by atoms with van der Waals surface area (Å²) in [5.41, 5.74) is 0. The van der Waals surface area contributed by atoms with E-state index in [2.05, 4.69) is 43.3 Å². The highest BCUT2D eigenvalue weighted by Gasteiger charge is 2.14. The third-order valence-electron chi connectivity index (χ3n) is 3.91. The second-order valence-electron chi connectivity index (χ2n) is 6.48. The molecule has 2 unspecified atom stereocenters. The molecule has 0 heterocycles. The van der Waals surface area contributed by atoms with Crippen molar-refractivity contribution in [3.05, 3.63) is 0 Å². The Bertz CT molecular complexity index is 281. The lowest BCUT2D eigenvalue weighted by Gasteiger charge is -2.23. The molecule has 2 atom stereocenters. The minimum atomic E-state index is 0.300. The first-order valence-electron chi connectivity index (χ1n) is 9.13. The second-order valence-corrected chi connectivity index (χ2v) is 6.48. The van der Waals surface area contributed by atoms with Crippen molar-refractivity contribution < 1.29 is 9.47 Å². The fourth-order valence-electron chi connectivity index (χ4n) is 2.53. The van der Waals surface area contributed by atoms with Crippen LogP contribution in [0.2, 0.25) is 0 Å². The fourth-order valence-corrected chi connectivity index (χ4v) is 2.53. The first kappa shape index (κ1) is 22.2. The van der Waals surface area contributed by atoms with Crippen LogP contribution in [-0.4, -0.2) is 51.5 Å². The zero-order valence-corrected chi connectivity index (χ0v) is 16.3. The van der Waals surface area contributed by atoms with Gasteiger partial charge in [0.1, 0.15) is 0 Å². The Labute approximate surface area is 143 Å². The van der Waals surface area contributed by atoms with Gasteiger partial charge in [0.2, 0.25) is 0 Å². The molecule has 0 spiro atoms. The minimum absolute atomic E-state index is 0.300. The van der Waals surface area contributed by atoms with Gasteiger partial charge in [0.15, 0.2) is 5.96 Å². The average molecular weight is 330 g/mol. The molecule has 0 aromatic heterocycles. The van der Waals surface area contributed by atoms with E-state index in [1.54, 1.807) is 7.05 Å². The van der Waals surface area contributed by atoms with Gasteiger partial charge in [-0.15, -0.1) is 0 Å². The van der Waals surface area contributed by atoms with Crippen molar-refractivity contribution in [1.82, 2.24) is 10.6 Å². The smallest absolute Gasteiger partial charge is 0.190 e. The summed E-state index contributed by atoms with van der Waals surface area (Å²) in [5, 5.41) is 6.73. The zero-order valence-electron chi connectivity index (χ0n) is 16.3. The maximum atomic E-state index is 5.77. The van der Waals surface area contributed by atoms with Crippen LogP contribution in [0.15, 0.2) is 4.99 Å². The number of nitrogens with one attached hydrogen (secondary N) is 2. The number of hydrogen-bond acceptors (Lipinski definition) is 3. The van der Waals surface area contributed by atoms with E-state index in [-0.39, 0.29) is 0 Å². The lowest BCUT2D eigenvalue weighted by molar-refractivity contribution is 0.0253. The van der Waals surface area contributed by atoms with Crippen molar-refractivity contribution in [2.24, 2.45) is 16.8 Å². The highest BCUT2D eigenvalue weighted by molar-refractivity contribution is 5.79. The van der Waals surface area contributed by atoms with Crippen molar-refractivity contribution in [2.75, 3.05) is 33.4 Å². The van der Waals surface area contributed by atoms with Gasteiger partial charge >= 0.3 is 0 Å². The molecule has 0 amide bonds. The highest BCUT2D eigenvalue weighted by Crippen LogP contribution is 2.10. The Morgan fingerprint density at radius 2 is 1.22 bits per heavy atom. The van der Waals surface area contributed by atoms with Gasteiger partial charge < -0.3 is 20.1 Å². The quantitative estimate of drug-likeness (QED) is 0.427. The molecule has 0 aromatic rings. The lowest BCUT2D eigenvalue weighted by atomic mass is 10.0. The molecule has 0 aliphatic heterocycles. The van der Waals surface area contributed by atoms with Gasteiger partial charge in [0, 0.05) is 33.4 Å². The summed E-state index contributed by atoms with van der Waals surface area (Å²) in [6, 6.07) is 0. The van der Waals surface area contributed by atoms with Gasteiger partial charge in [-0.25, -0.2) is 0 Å². The van der Waals surface area contributed by atoms with E-state index in [1.165, 1.54) is 0 Å². The Kier molecular flexibility index (Phi) is 13.1. The highest BCUT2D eigenvalue weighted by atomic mass is 16.5. The third-order valence-corrected chi connectivity index (χ3v) is 3.91. The molecule has 0 saturated heterocycles. The van der Waals surface area contributed by atoms with Crippen LogP contribution >= 0.6 is 0 Å². The van der Waals surface area contributed by atoms with Crippen LogP contribution in [0, 0.1) is 11.8 Å². The van der Waals surface area contributed by atoms with Gasteiger partial charge in [0.05, 0.1) is 12.2 Å². The average Bonchev–Trinajstić information content (AvgIpc) is 2.50. The largest absolute Gasteiger partial charge is 0.378 e. The van der Waals surface area contributed by atoms with E-state index in [4.69, 9.17) is 9.47 Å². The molecule has 0 saturated carbocycles. The first-order valence-corrected chi connectivity index (χ1v) is 9.13. The summed E-state index contributed by atoms with van der Waals surface area (Å²) >= 11 is 0. The van der Waals surface area contributed by atoms with E-state index >= 15 is 0 Å². The number of ether oxygens (including phenoxy) is 2. The van der Waals surface area contributed by atoms with Crippen molar-refractivity contribution in [1.29, 1.82) is 0 Å². The van der Waals surface area contributed by atoms with E-state index in [0.717, 1.165) is 45.1 Å². The number of rotatable bonds is 12. The lowest BCUT2D eigenvalue weighted by Crippen LogP contribution is -2.40. The standard InChI is InChI=1S/C18H39N3O2/c1-8-22-16(14(3)4)10-12-20-18(19-7)21-13-11-17(15(5)6)23-9-2/h14-17H,8-13H2,1-7H3,(H2,19,20,21). The van der Waals surface area contributed by atoms with Gasteiger partial charge in [-0.1, -0.05) is 27.7 Å². The van der Waals surface area contributed by atoms with Gasteiger partial charge in [0.25, 0.3) is 0 Å². The minimum Gasteiger partial charge on any atom is -0.378 e. The fraction of sp³-hybridized carbons (Fsp3) is 0.944. The van der Waals surface area contributed by atoms with Crippen LogP contribution in [0.25, 0.3) is 0 Å². The predicted molar refractivity (Wildman–Crippen MR) is 99.1 cm³/mol. The van der Waals surface area contributed by atoms with E-state index in [1.807, 2.05) is 13.8 Å². The number of hydrogen-bond donors (Lipinski definition) is 2. The molecule has 5 heteroatoms. The van der Waals surface area contributed by atoms with Crippen LogP contribution in [0.3, 0.4) is 0 Å². The van der Waals surface area contributed by atoms with Crippen LogP contribution < -0.4 is 10.6 Å². The molecule has 0 aromatic carbocycles. The van der Waals surface area contributed by atoms with Gasteiger partial charge in [-0.05, 0) is 38.5 Å². The molecule has 2 N–H and O–H groups in total. The summed E-state index contributed by atoms with van der Waals surface area (Å²) in [6.07, 6.45) is 2.57. The molecular weight excluding hydrogens is 290 g/mol. The van der Waals surface area contributed by atoms with Crippen LogP contribution in [-0.2, 0) is 9.47 Å². The second kappa shape index (κ2) is 13.6. The molecule has 0 radical (unpaired) electrons. The summed E-state index contributed by atoms with van der Waals surface area (Å²) in [7, 11) is 1.81. The van der Waals surface area contributed by atoms with Gasteiger partial charge in [-0.2, -0.15) is 0 Å². The van der Waals surface area contributed by atoms with Crippen LogP contribution in [0.5, 0.6) is 0 Å². The van der Waals surface area contributed by atoms with Crippen LogP contribution in [0.1, 0.15) is 54.4 Å². The number of aliphatic imine (C=N–C) groups is 1. The maximum Gasteiger partial charge on any atom is 0.190 e. The Balaban J connectivity index is 4.07. The number of nitrogens with zero attached hydrogens (tertiary/aromatic N) is 1. The Morgan fingerprint density at radius 1 is 0.826 bits per heavy atom. The molecule has 0 rings (SSSR count). The van der Waals surface area contributed by atoms with E-state index in [9.17, 15) is 0 Å². The van der Waals surface area contributed by atoms with Crippen LogP contribution in [0.4, 0.5) is 0 Å². The maximum absolute atomic E-state index is 5.77. The number of guanidine groups is 1. The monoisotopic (exact) mass is 329 g/mol.